The molecule has 0 spiro atoms. The molecule has 0 aromatic carbocycles. The number of hydrogen-bond donors (Lipinski definition) is 0. The van der Waals surface area contributed by atoms with Crippen LogP contribution in [0.25, 0.3) is 0 Å². The summed E-state index contributed by atoms with van der Waals surface area (Å²) in [6.45, 7) is 5.71. The van der Waals surface area contributed by atoms with Crippen molar-refractivity contribution in [3.63, 3.8) is 0 Å². The number of nitrogens with zero attached hydrogens (tertiary/aromatic N) is 1. The van der Waals surface area contributed by atoms with Gasteiger partial charge in [-0.3, -0.25) is 4.98 Å². The number of aromatic nitrogens is 1. The molecule has 10 heavy (non-hydrogen) atoms. The van der Waals surface area contributed by atoms with Crippen molar-refractivity contribution in [2.45, 2.75) is 6.92 Å². The fraction of sp³-hybridized carbons (Fsp3) is 0.250. The van der Waals surface area contributed by atoms with Gasteiger partial charge in [0.15, 0.2) is 0 Å². The second-order valence-electron chi connectivity index (χ2n) is 2.14. The number of rotatable bonds is 1. The Morgan fingerprint density at radius 1 is 1.60 bits per heavy atom. The number of methoxy groups -OCH3 is 1. The Hall–Kier alpha value is -1.05. The highest BCUT2D eigenvalue weighted by atomic mass is 16.5. The molecule has 0 aliphatic heterocycles. The summed E-state index contributed by atoms with van der Waals surface area (Å²) in [5.74, 6) is 0.741. The fourth-order valence-electron chi connectivity index (χ4n) is 0.788. The minimum absolute atomic E-state index is 0.741. The predicted molar refractivity (Wildman–Crippen MR) is 40.0 cm³/mol. The molecule has 0 aliphatic carbocycles. The Kier molecular flexibility index (Phi) is 1.90. The molecule has 0 N–H and O–H groups in total. The lowest BCUT2D eigenvalue weighted by atomic mass is 10.2. The maximum absolute atomic E-state index is 4.97. The molecule has 0 atom stereocenters. The molecule has 1 aromatic heterocycles. The standard InChI is InChI=1S/C8H10NO/c1-6-4-7(2)9-5-8(6)10-3/h4-5H,1H2,2-3H3. The average molecular weight is 136 g/mol. The largest absolute Gasteiger partial charge is 0.495 e. The molecule has 0 fully saturated rings. The van der Waals surface area contributed by atoms with Crippen LogP contribution in [0.5, 0.6) is 5.75 Å². The highest BCUT2D eigenvalue weighted by molar-refractivity contribution is 5.34. The zero-order chi connectivity index (χ0) is 7.56. The van der Waals surface area contributed by atoms with Gasteiger partial charge in [0.2, 0.25) is 0 Å². The van der Waals surface area contributed by atoms with E-state index in [-0.39, 0.29) is 0 Å². The number of pyridine rings is 1. The van der Waals surface area contributed by atoms with E-state index >= 15 is 0 Å². The van der Waals surface area contributed by atoms with Gasteiger partial charge in [-0.15, -0.1) is 0 Å². The van der Waals surface area contributed by atoms with Crippen LogP contribution in [0.4, 0.5) is 0 Å². The van der Waals surface area contributed by atoms with E-state index in [2.05, 4.69) is 11.9 Å². The first-order valence-electron chi connectivity index (χ1n) is 3.06. The van der Waals surface area contributed by atoms with Crippen LogP contribution in [-0.4, -0.2) is 12.1 Å². The van der Waals surface area contributed by atoms with Crippen LogP contribution in [-0.2, 0) is 0 Å². The Bertz CT molecular complexity index is 233. The first kappa shape index (κ1) is 7.06. The van der Waals surface area contributed by atoms with Crippen molar-refractivity contribution < 1.29 is 4.74 Å². The van der Waals surface area contributed by atoms with Gasteiger partial charge in [-0.05, 0) is 25.5 Å². The summed E-state index contributed by atoms with van der Waals surface area (Å²) in [5.41, 5.74) is 1.85. The third-order valence-electron chi connectivity index (χ3n) is 1.30. The smallest absolute Gasteiger partial charge is 0.140 e. The van der Waals surface area contributed by atoms with Crippen molar-refractivity contribution in [1.82, 2.24) is 4.98 Å². The molecule has 1 heterocycles. The Labute approximate surface area is 60.9 Å². The molecule has 0 amide bonds. The maximum atomic E-state index is 4.97. The number of ether oxygens (including phenoxy) is 1. The predicted octanol–water partition coefficient (Wildman–Crippen LogP) is 1.58. The monoisotopic (exact) mass is 136 g/mol. The van der Waals surface area contributed by atoms with Gasteiger partial charge in [0.05, 0.1) is 13.3 Å². The van der Waals surface area contributed by atoms with Crippen molar-refractivity contribution in [3.05, 3.63) is 30.4 Å². The van der Waals surface area contributed by atoms with E-state index in [4.69, 9.17) is 4.74 Å². The van der Waals surface area contributed by atoms with Gasteiger partial charge >= 0.3 is 0 Å². The van der Waals surface area contributed by atoms with Crippen molar-refractivity contribution in [2.24, 2.45) is 0 Å². The van der Waals surface area contributed by atoms with Crippen LogP contribution in [0.3, 0.4) is 0 Å². The van der Waals surface area contributed by atoms with Crippen LogP contribution >= 0.6 is 0 Å². The third kappa shape index (κ3) is 1.26. The molecular weight excluding hydrogens is 126 g/mol. The van der Waals surface area contributed by atoms with E-state index in [0.29, 0.717) is 0 Å². The zero-order valence-corrected chi connectivity index (χ0v) is 6.22. The topological polar surface area (TPSA) is 22.1 Å². The van der Waals surface area contributed by atoms with Crippen LogP contribution < -0.4 is 4.74 Å². The summed E-state index contributed by atoms with van der Waals surface area (Å²) in [5, 5.41) is 0. The molecule has 0 aliphatic rings. The second kappa shape index (κ2) is 2.69. The minimum Gasteiger partial charge on any atom is -0.495 e. The third-order valence-corrected chi connectivity index (χ3v) is 1.30. The summed E-state index contributed by atoms with van der Waals surface area (Å²) < 4.78 is 4.97. The van der Waals surface area contributed by atoms with Gasteiger partial charge in [0.1, 0.15) is 5.75 Å². The maximum Gasteiger partial charge on any atom is 0.140 e. The van der Waals surface area contributed by atoms with Crippen LogP contribution in [0.15, 0.2) is 12.3 Å². The van der Waals surface area contributed by atoms with E-state index in [9.17, 15) is 0 Å². The van der Waals surface area contributed by atoms with Crippen molar-refractivity contribution in [2.75, 3.05) is 7.11 Å². The van der Waals surface area contributed by atoms with Crippen LogP contribution in [0.1, 0.15) is 11.3 Å². The van der Waals surface area contributed by atoms with Gasteiger partial charge in [-0.2, -0.15) is 0 Å². The van der Waals surface area contributed by atoms with Crippen LogP contribution in [0, 0.1) is 13.8 Å². The molecule has 0 unspecified atom stereocenters. The molecule has 1 aromatic rings. The van der Waals surface area contributed by atoms with Gasteiger partial charge < -0.3 is 4.74 Å². The van der Waals surface area contributed by atoms with E-state index in [1.165, 1.54) is 0 Å². The van der Waals surface area contributed by atoms with E-state index in [1.807, 2.05) is 13.0 Å². The quantitative estimate of drug-likeness (QED) is 0.584. The lowest BCUT2D eigenvalue weighted by molar-refractivity contribution is 0.411. The summed E-state index contributed by atoms with van der Waals surface area (Å²) in [4.78, 5) is 4.05. The van der Waals surface area contributed by atoms with E-state index in [0.717, 1.165) is 17.0 Å². The van der Waals surface area contributed by atoms with Crippen molar-refractivity contribution >= 4 is 0 Å². The number of aryl methyl sites for hydroxylation is 1. The fourth-order valence-corrected chi connectivity index (χ4v) is 0.788. The normalized spacial score (nSPS) is 9.50. The summed E-state index contributed by atoms with van der Waals surface area (Å²) >= 11 is 0. The lowest BCUT2D eigenvalue weighted by Crippen LogP contribution is -1.89. The molecule has 0 saturated carbocycles. The lowest BCUT2D eigenvalue weighted by Gasteiger charge is -2.02. The Morgan fingerprint density at radius 3 is 2.80 bits per heavy atom. The summed E-state index contributed by atoms with van der Waals surface area (Å²) in [6, 6.07) is 1.89. The minimum atomic E-state index is 0.741. The molecule has 2 heteroatoms. The second-order valence-corrected chi connectivity index (χ2v) is 2.14. The SMILES string of the molecule is [CH2]c1cc(C)ncc1OC. The summed E-state index contributed by atoms with van der Waals surface area (Å²) in [7, 11) is 1.61. The molecule has 1 radical (unpaired) electrons. The first-order chi connectivity index (χ1) is 4.74. The van der Waals surface area contributed by atoms with Crippen molar-refractivity contribution in [3.8, 4) is 5.75 Å². The molecule has 0 saturated heterocycles. The first-order valence-corrected chi connectivity index (χ1v) is 3.06. The van der Waals surface area contributed by atoms with Crippen LogP contribution in [0.2, 0.25) is 0 Å². The van der Waals surface area contributed by atoms with Gasteiger partial charge in [-0.1, -0.05) is 0 Å². The highest BCUT2D eigenvalue weighted by Crippen LogP contribution is 2.14. The van der Waals surface area contributed by atoms with E-state index in [1.54, 1.807) is 13.3 Å². The molecule has 2 nitrogen and oxygen atoms in total. The molecule has 1 rings (SSSR count). The highest BCUT2D eigenvalue weighted by Gasteiger charge is 1.96. The number of hydrogen-bond acceptors (Lipinski definition) is 2. The van der Waals surface area contributed by atoms with Gasteiger partial charge in [0.25, 0.3) is 0 Å². The zero-order valence-electron chi connectivity index (χ0n) is 6.22. The molecular formula is C8H10NO. The average Bonchev–Trinajstić information content (AvgIpc) is 1.88. The van der Waals surface area contributed by atoms with Gasteiger partial charge in [-0.25, -0.2) is 0 Å². The van der Waals surface area contributed by atoms with E-state index < -0.39 is 0 Å². The molecule has 0 bridgehead atoms. The van der Waals surface area contributed by atoms with Crippen molar-refractivity contribution in [1.29, 1.82) is 0 Å². The summed E-state index contributed by atoms with van der Waals surface area (Å²) in [6.07, 6.45) is 1.68. The molecule has 53 valence electrons. The Morgan fingerprint density at radius 2 is 2.30 bits per heavy atom. The van der Waals surface area contributed by atoms with Gasteiger partial charge in [0, 0.05) is 5.69 Å². The Balaban J connectivity index is 3.07.